The first-order valence-electron chi connectivity index (χ1n) is 8.02. The molecular weight excluding hydrogens is 300 g/mol. The number of allylic oxidation sites excluding steroid dienone is 1. The van der Waals surface area contributed by atoms with E-state index in [4.69, 9.17) is 0 Å². The van der Waals surface area contributed by atoms with Crippen molar-refractivity contribution >= 4 is 15.9 Å². The second-order valence-electron chi connectivity index (χ2n) is 7.07. The summed E-state index contributed by atoms with van der Waals surface area (Å²) in [6.07, 6.45) is 9.01. The summed E-state index contributed by atoms with van der Waals surface area (Å²) >= 11 is 0. The molecule has 0 unspecified atom stereocenters. The summed E-state index contributed by atoms with van der Waals surface area (Å²) in [5.74, 6) is -0.113. The molecule has 1 aliphatic carbocycles. The number of carbonyl (C=O) groups excluding carboxylic acids is 1. The molecule has 1 N–H and O–H groups in total. The quantitative estimate of drug-likeness (QED) is 0.729. The minimum absolute atomic E-state index is 0.113. The molecule has 0 aromatic heterocycles. The van der Waals surface area contributed by atoms with Crippen LogP contribution in [0.25, 0.3) is 0 Å². The van der Waals surface area contributed by atoms with Crippen molar-refractivity contribution in [1.82, 2.24) is 9.62 Å². The van der Waals surface area contributed by atoms with Crippen molar-refractivity contribution in [1.29, 1.82) is 0 Å². The lowest BCUT2D eigenvalue weighted by Gasteiger charge is -2.24. The van der Waals surface area contributed by atoms with E-state index in [1.54, 1.807) is 0 Å². The highest BCUT2D eigenvalue weighted by molar-refractivity contribution is 7.88. The molecule has 0 atom stereocenters. The third kappa shape index (κ3) is 7.94. The van der Waals surface area contributed by atoms with Crippen LogP contribution in [0.1, 0.15) is 59.3 Å². The molecule has 0 saturated carbocycles. The van der Waals surface area contributed by atoms with Gasteiger partial charge in [0.1, 0.15) is 0 Å². The molecule has 0 aromatic carbocycles. The molecule has 0 bridgehead atoms. The molecule has 1 amide bonds. The minimum Gasteiger partial charge on any atom is -0.351 e. The first-order valence-corrected chi connectivity index (χ1v) is 9.87. The summed E-state index contributed by atoms with van der Waals surface area (Å²) in [5, 5.41) is 2.86. The van der Waals surface area contributed by atoms with E-state index in [0.717, 1.165) is 19.3 Å². The van der Waals surface area contributed by atoms with Crippen molar-refractivity contribution in [2.75, 3.05) is 19.3 Å². The lowest BCUT2D eigenvalue weighted by molar-refractivity contribution is -0.122. The van der Waals surface area contributed by atoms with E-state index in [1.807, 2.05) is 20.8 Å². The first kappa shape index (κ1) is 19.2. The van der Waals surface area contributed by atoms with Gasteiger partial charge in [0.15, 0.2) is 0 Å². The largest absolute Gasteiger partial charge is 0.351 e. The molecule has 1 aliphatic rings. The maximum absolute atomic E-state index is 11.9. The third-order valence-electron chi connectivity index (χ3n) is 3.64. The van der Waals surface area contributed by atoms with Crippen molar-refractivity contribution < 1.29 is 13.2 Å². The number of nitrogens with zero attached hydrogens (tertiary/aromatic N) is 1. The summed E-state index contributed by atoms with van der Waals surface area (Å²) < 4.78 is 25.2. The molecule has 0 saturated heterocycles. The molecule has 1 rings (SSSR count). The number of carbonyl (C=O) groups is 1. The molecule has 0 fully saturated rings. The van der Waals surface area contributed by atoms with Gasteiger partial charge in [-0.3, -0.25) is 4.79 Å². The molecule has 0 aromatic rings. The predicted molar refractivity (Wildman–Crippen MR) is 90.1 cm³/mol. The third-order valence-corrected chi connectivity index (χ3v) is 4.94. The van der Waals surface area contributed by atoms with Crippen molar-refractivity contribution in [3.8, 4) is 0 Å². The molecule has 0 radical (unpaired) electrons. The second kappa shape index (κ2) is 8.11. The average molecular weight is 330 g/mol. The molecule has 5 nitrogen and oxygen atoms in total. The van der Waals surface area contributed by atoms with Crippen LogP contribution in [0, 0.1) is 0 Å². The van der Waals surface area contributed by atoms with Gasteiger partial charge in [-0.2, -0.15) is 0 Å². The Morgan fingerprint density at radius 3 is 2.45 bits per heavy atom. The number of sulfonamides is 1. The lowest BCUT2D eigenvalue weighted by atomic mass is 9.97. The highest BCUT2D eigenvalue weighted by Gasteiger charge is 2.20. The van der Waals surface area contributed by atoms with Gasteiger partial charge in [-0.25, -0.2) is 12.7 Å². The highest BCUT2D eigenvalue weighted by atomic mass is 32.2. The summed E-state index contributed by atoms with van der Waals surface area (Å²) in [4.78, 5) is 11.9. The average Bonchev–Trinajstić information content (AvgIpc) is 2.36. The fourth-order valence-corrected chi connectivity index (χ4v) is 3.40. The van der Waals surface area contributed by atoms with Gasteiger partial charge in [0, 0.05) is 25.0 Å². The van der Waals surface area contributed by atoms with Crippen molar-refractivity contribution in [3.05, 3.63) is 11.6 Å². The van der Waals surface area contributed by atoms with Crippen LogP contribution >= 0.6 is 0 Å². The zero-order chi connectivity index (χ0) is 16.8. The van der Waals surface area contributed by atoms with Gasteiger partial charge in [-0.15, -0.1) is 0 Å². The zero-order valence-corrected chi connectivity index (χ0v) is 15.1. The second-order valence-corrected chi connectivity index (χ2v) is 9.05. The predicted octanol–water partition coefficient (Wildman–Crippen LogP) is 2.44. The zero-order valence-electron chi connectivity index (χ0n) is 14.3. The van der Waals surface area contributed by atoms with Gasteiger partial charge in [-0.1, -0.05) is 11.6 Å². The van der Waals surface area contributed by atoms with Crippen LogP contribution in [0.4, 0.5) is 0 Å². The highest BCUT2D eigenvalue weighted by Crippen LogP contribution is 2.20. The smallest absolute Gasteiger partial charge is 0.221 e. The number of rotatable bonds is 7. The van der Waals surface area contributed by atoms with E-state index < -0.39 is 10.0 Å². The minimum atomic E-state index is -3.28. The first-order chi connectivity index (χ1) is 10.1. The number of nitrogens with one attached hydrogen (secondary N) is 1. The van der Waals surface area contributed by atoms with Gasteiger partial charge in [0.2, 0.25) is 15.9 Å². The Labute approximate surface area is 135 Å². The van der Waals surface area contributed by atoms with Crippen LogP contribution in [-0.4, -0.2) is 43.5 Å². The molecule has 128 valence electrons. The molecule has 0 heterocycles. The molecule has 0 aliphatic heterocycles. The van der Waals surface area contributed by atoms with Crippen molar-refractivity contribution in [2.24, 2.45) is 0 Å². The molecular formula is C16H30N2O3S. The van der Waals surface area contributed by atoms with Crippen LogP contribution in [0.5, 0.6) is 0 Å². The van der Waals surface area contributed by atoms with Crippen LogP contribution in [-0.2, 0) is 14.8 Å². The SMILES string of the molecule is CC(C)(C)NC(=O)CCN(CCC1=CCCCC1)S(C)(=O)=O. The van der Waals surface area contributed by atoms with Gasteiger partial charge >= 0.3 is 0 Å². The van der Waals surface area contributed by atoms with Gasteiger partial charge in [0.05, 0.1) is 6.26 Å². The fourth-order valence-electron chi connectivity index (χ4n) is 2.55. The summed E-state index contributed by atoms with van der Waals surface area (Å²) in [5.41, 5.74) is 1.05. The van der Waals surface area contributed by atoms with Crippen LogP contribution in [0.2, 0.25) is 0 Å². The van der Waals surface area contributed by atoms with Gasteiger partial charge < -0.3 is 5.32 Å². The van der Waals surface area contributed by atoms with Gasteiger partial charge in [-0.05, 0) is 52.9 Å². The Hall–Kier alpha value is -0.880. The van der Waals surface area contributed by atoms with Gasteiger partial charge in [0.25, 0.3) is 0 Å². The maximum Gasteiger partial charge on any atom is 0.221 e. The molecule has 22 heavy (non-hydrogen) atoms. The van der Waals surface area contributed by atoms with Crippen LogP contribution in [0.3, 0.4) is 0 Å². The van der Waals surface area contributed by atoms with E-state index in [0.29, 0.717) is 6.54 Å². The van der Waals surface area contributed by atoms with Crippen molar-refractivity contribution in [2.45, 2.75) is 64.8 Å². The Kier molecular flexibility index (Phi) is 7.06. The Morgan fingerprint density at radius 2 is 1.95 bits per heavy atom. The van der Waals surface area contributed by atoms with Crippen LogP contribution < -0.4 is 5.32 Å². The number of hydrogen-bond acceptors (Lipinski definition) is 3. The summed E-state index contributed by atoms with van der Waals surface area (Å²) in [6.45, 7) is 6.44. The van der Waals surface area contributed by atoms with Crippen molar-refractivity contribution in [3.63, 3.8) is 0 Å². The maximum atomic E-state index is 11.9. The Balaban J connectivity index is 2.51. The lowest BCUT2D eigenvalue weighted by Crippen LogP contribution is -2.42. The topological polar surface area (TPSA) is 66.5 Å². The fraction of sp³-hybridized carbons (Fsp3) is 0.812. The molecule has 6 heteroatoms. The standard InChI is InChI=1S/C16H30N2O3S/c1-16(2,3)17-15(19)11-13-18(22(4,20)21)12-10-14-8-6-5-7-9-14/h8H,5-7,9-13H2,1-4H3,(H,17,19). The Morgan fingerprint density at radius 1 is 1.27 bits per heavy atom. The van der Waals surface area contributed by atoms with Crippen LogP contribution in [0.15, 0.2) is 11.6 Å². The van der Waals surface area contributed by atoms with E-state index in [2.05, 4.69) is 11.4 Å². The van der Waals surface area contributed by atoms with E-state index in [1.165, 1.54) is 29.0 Å². The normalized spacial score (nSPS) is 16.5. The monoisotopic (exact) mass is 330 g/mol. The van der Waals surface area contributed by atoms with E-state index >= 15 is 0 Å². The van der Waals surface area contributed by atoms with E-state index in [-0.39, 0.29) is 24.4 Å². The summed E-state index contributed by atoms with van der Waals surface area (Å²) in [7, 11) is -3.28. The van der Waals surface area contributed by atoms with E-state index in [9.17, 15) is 13.2 Å². The number of hydrogen-bond donors (Lipinski definition) is 1. The Bertz CT molecular complexity index is 504. The summed E-state index contributed by atoms with van der Waals surface area (Å²) in [6, 6.07) is 0. The molecule has 0 spiro atoms. The number of amides is 1.